The predicted molar refractivity (Wildman–Crippen MR) is 105 cm³/mol. The number of rotatable bonds is 7. The van der Waals surface area contributed by atoms with Crippen LogP contribution in [0.1, 0.15) is 39.3 Å². The molecule has 0 aromatic heterocycles. The van der Waals surface area contributed by atoms with Crippen LogP contribution in [0.4, 0.5) is 5.69 Å². The molecular formula is C18H23N3O5S. The molecule has 9 heteroatoms. The van der Waals surface area contributed by atoms with Gasteiger partial charge in [0.15, 0.2) is 16.6 Å². The first-order valence-electron chi connectivity index (χ1n) is 8.56. The van der Waals surface area contributed by atoms with Crippen LogP contribution < -0.4 is 14.8 Å². The maximum atomic E-state index is 12.3. The average molecular weight is 393 g/mol. The number of hydrogen-bond donors (Lipinski definition) is 1. The molecule has 146 valence electrons. The van der Waals surface area contributed by atoms with Gasteiger partial charge in [0.1, 0.15) is 0 Å². The summed E-state index contributed by atoms with van der Waals surface area (Å²) >= 11 is 5.34. The van der Waals surface area contributed by atoms with E-state index in [9.17, 15) is 14.9 Å². The molecule has 0 saturated heterocycles. The highest BCUT2D eigenvalue weighted by Gasteiger charge is 2.33. The molecule has 0 spiro atoms. The predicted octanol–water partition coefficient (Wildman–Crippen LogP) is 3.12. The number of nitro benzene ring substituents is 1. The lowest BCUT2D eigenvalue weighted by atomic mass is 9.92. The number of ketones is 1. The highest BCUT2D eigenvalue weighted by Crippen LogP contribution is 2.42. The Morgan fingerprint density at radius 3 is 2.48 bits per heavy atom. The maximum absolute atomic E-state index is 12.3. The zero-order valence-electron chi connectivity index (χ0n) is 16.0. The summed E-state index contributed by atoms with van der Waals surface area (Å²) in [6.45, 7) is 7.35. The van der Waals surface area contributed by atoms with Gasteiger partial charge >= 0.3 is 5.69 Å². The third kappa shape index (κ3) is 4.02. The number of Topliss-reactive ketones (excluding diaryl/α,β-unsaturated/α-hetero) is 1. The van der Waals surface area contributed by atoms with Crippen LogP contribution in [-0.4, -0.2) is 41.0 Å². The van der Waals surface area contributed by atoms with Crippen LogP contribution in [0.25, 0.3) is 0 Å². The Balaban J connectivity index is 2.71. The number of nitro groups is 1. The van der Waals surface area contributed by atoms with Crippen molar-refractivity contribution in [2.75, 3.05) is 20.3 Å². The smallest absolute Gasteiger partial charge is 0.315 e. The van der Waals surface area contributed by atoms with Gasteiger partial charge in [-0.1, -0.05) is 0 Å². The molecule has 0 bridgehead atoms. The first-order chi connectivity index (χ1) is 12.7. The topological polar surface area (TPSA) is 93.9 Å². The van der Waals surface area contributed by atoms with E-state index < -0.39 is 11.0 Å². The Hall–Kier alpha value is -2.68. The lowest BCUT2D eigenvalue weighted by molar-refractivity contribution is -0.386. The van der Waals surface area contributed by atoms with Crippen LogP contribution >= 0.6 is 12.2 Å². The fourth-order valence-corrected chi connectivity index (χ4v) is 3.26. The molecule has 2 rings (SSSR count). The van der Waals surface area contributed by atoms with E-state index in [1.165, 1.54) is 13.0 Å². The van der Waals surface area contributed by atoms with E-state index in [4.69, 9.17) is 21.7 Å². The summed E-state index contributed by atoms with van der Waals surface area (Å²) in [5, 5.41) is 15.1. The van der Waals surface area contributed by atoms with Crippen molar-refractivity contribution in [2.24, 2.45) is 0 Å². The molecule has 1 atom stereocenters. The second kappa shape index (κ2) is 8.34. The van der Waals surface area contributed by atoms with Crippen molar-refractivity contribution in [1.82, 2.24) is 10.2 Å². The summed E-state index contributed by atoms with van der Waals surface area (Å²) in [7, 11) is 1.76. The molecule has 1 unspecified atom stereocenters. The maximum Gasteiger partial charge on any atom is 0.315 e. The normalized spacial score (nSPS) is 16.9. The Labute approximate surface area is 163 Å². The number of thiocarbonyl (C=S) groups is 1. The number of carbonyl (C=O) groups excluding carboxylic acids is 1. The number of carbonyl (C=O) groups is 1. The van der Waals surface area contributed by atoms with Crippen LogP contribution in [0.2, 0.25) is 0 Å². The fraction of sp³-hybridized carbons (Fsp3) is 0.444. The molecule has 1 aromatic rings. The van der Waals surface area contributed by atoms with Crippen molar-refractivity contribution in [3.63, 3.8) is 0 Å². The Morgan fingerprint density at radius 2 is 1.96 bits per heavy atom. The fourth-order valence-electron chi connectivity index (χ4n) is 3.01. The van der Waals surface area contributed by atoms with Crippen LogP contribution in [0, 0.1) is 10.1 Å². The average Bonchev–Trinajstić information content (AvgIpc) is 2.60. The second-order valence-corrected chi connectivity index (χ2v) is 6.37. The van der Waals surface area contributed by atoms with E-state index in [0.29, 0.717) is 28.6 Å². The van der Waals surface area contributed by atoms with E-state index in [-0.39, 0.29) is 29.6 Å². The summed E-state index contributed by atoms with van der Waals surface area (Å²) in [5.41, 5.74) is 1.48. The van der Waals surface area contributed by atoms with Gasteiger partial charge in [-0.2, -0.15) is 0 Å². The monoisotopic (exact) mass is 393 g/mol. The van der Waals surface area contributed by atoms with Gasteiger partial charge in [-0.3, -0.25) is 14.9 Å². The molecule has 27 heavy (non-hydrogen) atoms. The van der Waals surface area contributed by atoms with E-state index >= 15 is 0 Å². The van der Waals surface area contributed by atoms with Crippen molar-refractivity contribution in [3.05, 3.63) is 39.1 Å². The number of ether oxygens (including phenoxy) is 2. The van der Waals surface area contributed by atoms with Crippen molar-refractivity contribution < 1.29 is 19.2 Å². The van der Waals surface area contributed by atoms with Crippen LogP contribution in [0.5, 0.6) is 11.5 Å². The third-order valence-corrected chi connectivity index (χ3v) is 4.70. The SMILES string of the molecule is CCOc1cc(C2NC(=S)N(C)C(C)=C2C(C)=O)cc([N+](=O)[O-])c1OCC. The number of allylic oxidation sites excluding steroid dienone is 1. The van der Waals surface area contributed by atoms with Crippen molar-refractivity contribution >= 4 is 28.8 Å². The minimum absolute atomic E-state index is 0.0775. The summed E-state index contributed by atoms with van der Waals surface area (Å²) in [6.07, 6.45) is 0. The van der Waals surface area contributed by atoms with Gasteiger partial charge in [0, 0.05) is 24.4 Å². The van der Waals surface area contributed by atoms with Gasteiger partial charge in [0.25, 0.3) is 0 Å². The molecule has 8 nitrogen and oxygen atoms in total. The van der Waals surface area contributed by atoms with Crippen LogP contribution in [-0.2, 0) is 4.79 Å². The molecule has 1 aliphatic heterocycles. The molecule has 1 aromatic carbocycles. The van der Waals surface area contributed by atoms with Gasteiger partial charge in [0.05, 0.1) is 24.2 Å². The molecule has 0 radical (unpaired) electrons. The van der Waals surface area contributed by atoms with Crippen molar-refractivity contribution in [3.8, 4) is 11.5 Å². The van der Waals surface area contributed by atoms with Gasteiger partial charge in [0.2, 0.25) is 5.75 Å². The lowest BCUT2D eigenvalue weighted by Gasteiger charge is -2.35. The summed E-state index contributed by atoms with van der Waals surface area (Å²) in [4.78, 5) is 25.1. The van der Waals surface area contributed by atoms with E-state index in [2.05, 4.69) is 5.32 Å². The number of hydrogen-bond acceptors (Lipinski definition) is 6. The van der Waals surface area contributed by atoms with Gasteiger partial charge in [-0.25, -0.2) is 0 Å². The first-order valence-corrected chi connectivity index (χ1v) is 8.97. The Bertz CT molecular complexity index is 821. The van der Waals surface area contributed by atoms with E-state index in [1.54, 1.807) is 38.8 Å². The summed E-state index contributed by atoms with van der Waals surface area (Å²) < 4.78 is 11.0. The zero-order valence-corrected chi connectivity index (χ0v) is 16.8. The number of nitrogens with zero attached hydrogens (tertiary/aromatic N) is 2. The van der Waals surface area contributed by atoms with E-state index in [0.717, 1.165) is 0 Å². The molecule has 0 saturated carbocycles. The molecule has 1 aliphatic rings. The summed E-state index contributed by atoms with van der Waals surface area (Å²) in [5.74, 6) is 0.193. The largest absolute Gasteiger partial charge is 0.490 e. The number of benzene rings is 1. The molecular weight excluding hydrogens is 370 g/mol. The second-order valence-electron chi connectivity index (χ2n) is 5.99. The van der Waals surface area contributed by atoms with Crippen molar-refractivity contribution in [1.29, 1.82) is 0 Å². The number of nitrogens with one attached hydrogen (secondary N) is 1. The zero-order chi connectivity index (χ0) is 20.3. The van der Waals surface area contributed by atoms with Gasteiger partial charge < -0.3 is 19.7 Å². The van der Waals surface area contributed by atoms with Crippen LogP contribution in [0.3, 0.4) is 0 Å². The first kappa shape index (κ1) is 20.6. The molecule has 1 N–H and O–H groups in total. The van der Waals surface area contributed by atoms with Crippen LogP contribution in [0.15, 0.2) is 23.4 Å². The Kier molecular flexibility index (Phi) is 6.37. The van der Waals surface area contributed by atoms with Gasteiger partial charge in [-0.05, 0) is 51.5 Å². The van der Waals surface area contributed by atoms with Crippen molar-refractivity contribution in [2.45, 2.75) is 33.7 Å². The summed E-state index contributed by atoms with van der Waals surface area (Å²) in [6, 6.07) is 2.44. The molecule has 0 amide bonds. The standard InChI is InChI=1S/C18H23N3O5S/c1-6-25-14-9-12(8-13(21(23)24)17(14)26-7-2)16-15(11(4)22)10(3)20(5)18(27)19-16/h8-9,16H,6-7H2,1-5H3,(H,19,27). The minimum Gasteiger partial charge on any atom is -0.490 e. The lowest BCUT2D eigenvalue weighted by Crippen LogP contribution is -2.45. The molecule has 0 aliphatic carbocycles. The van der Waals surface area contributed by atoms with Gasteiger partial charge in [-0.15, -0.1) is 0 Å². The third-order valence-electron chi connectivity index (χ3n) is 4.31. The molecule has 0 fully saturated rings. The minimum atomic E-state index is -0.611. The Morgan fingerprint density at radius 1 is 1.33 bits per heavy atom. The molecule has 1 heterocycles. The highest BCUT2D eigenvalue weighted by atomic mass is 32.1. The highest BCUT2D eigenvalue weighted by molar-refractivity contribution is 7.80. The van der Waals surface area contributed by atoms with E-state index in [1.807, 2.05) is 0 Å². The quantitative estimate of drug-likeness (QED) is 0.429.